The molecule has 0 fully saturated rings. The van der Waals surface area contributed by atoms with Crippen molar-refractivity contribution in [3.05, 3.63) is 59.7 Å². The molecule has 0 aliphatic heterocycles. The van der Waals surface area contributed by atoms with Gasteiger partial charge < -0.3 is 15.4 Å². The first kappa shape index (κ1) is 20.3. The van der Waals surface area contributed by atoms with E-state index in [1.807, 2.05) is 13.8 Å². The van der Waals surface area contributed by atoms with Crippen LogP contribution in [0.3, 0.4) is 0 Å². The van der Waals surface area contributed by atoms with Crippen LogP contribution in [-0.2, 0) is 11.2 Å². The number of para-hydroxylation sites is 1. The maximum atomic E-state index is 12.2. The summed E-state index contributed by atoms with van der Waals surface area (Å²) in [6.07, 6.45) is -4.83. The summed E-state index contributed by atoms with van der Waals surface area (Å²) in [5, 5.41) is 5.41. The summed E-state index contributed by atoms with van der Waals surface area (Å²) in [4.78, 5) is 24.4. The molecule has 2 N–H and O–H groups in total. The van der Waals surface area contributed by atoms with E-state index in [0.29, 0.717) is 16.8 Å². The van der Waals surface area contributed by atoms with Crippen LogP contribution in [0.4, 0.5) is 18.9 Å². The predicted molar refractivity (Wildman–Crippen MR) is 94.5 cm³/mol. The van der Waals surface area contributed by atoms with Crippen LogP contribution in [0.2, 0.25) is 0 Å². The first-order chi connectivity index (χ1) is 12.6. The van der Waals surface area contributed by atoms with Crippen LogP contribution >= 0.6 is 0 Å². The van der Waals surface area contributed by atoms with E-state index in [4.69, 9.17) is 0 Å². The minimum Gasteiger partial charge on any atom is -0.406 e. The molecular weight excluding hydrogens is 361 g/mol. The molecule has 2 aromatic carbocycles. The molecule has 0 aromatic heterocycles. The zero-order valence-electron chi connectivity index (χ0n) is 14.8. The Kier molecular flexibility index (Phi) is 6.44. The number of rotatable bonds is 6. The molecule has 0 aliphatic carbocycles. The van der Waals surface area contributed by atoms with Crippen molar-refractivity contribution in [2.75, 3.05) is 5.32 Å². The minimum atomic E-state index is -4.76. The van der Waals surface area contributed by atoms with E-state index in [9.17, 15) is 22.8 Å². The molecule has 0 radical (unpaired) electrons. The minimum absolute atomic E-state index is 0.0568. The third kappa shape index (κ3) is 6.65. The van der Waals surface area contributed by atoms with Gasteiger partial charge in [-0.05, 0) is 43.7 Å². The molecule has 0 heterocycles. The number of nitrogens with one attached hydrogen (secondary N) is 2. The lowest BCUT2D eigenvalue weighted by Gasteiger charge is -2.13. The number of hydrogen-bond acceptors (Lipinski definition) is 3. The average Bonchev–Trinajstić information content (AvgIpc) is 2.55. The fourth-order valence-electron chi connectivity index (χ4n) is 2.32. The van der Waals surface area contributed by atoms with Gasteiger partial charge in [0.15, 0.2) is 0 Å². The van der Waals surface area contributed by atoms with E-state index in [0.717, 1.165) is 12.1 Å². The number of hydrogen-bond donors (Lipinski definition) is 2. The Balaban J connectivity index is 2.03. The van der Waals surface area contributed by atoms with Gasteiger partial charge in [-0.25, -0.2) is 0 Å². The zero-order chi connectivity index (χ0) is 20.0. The van der Waals surface area contributed by atoms with Crippen LogP contribution in [0.1, 0.15) is 29.8 Å². The second kappa shape index (κ2) is 8.57. The van der Waals surface area contributed by atoms with Crippen molar-refractivity contribution in [1.29, 1.82) is 0 Å². The van der Waals surface area contributed by atoms with Crippen molar-refractivity contribution in [1.82, 2.24) is 5.32 Å². The topological polar surface area (TPSA) is 67.4 Å². The van der Waals surface area contributed by atoms with Gasteiger partial charge in [0, 0.05) is 6.04 Å². The maximum Gasteiger partial charge on any atom is 0.573 e. The second-order valence-corrected chi connectivity index (χ2v) is 6.09. The maximum absolute atomic E-state index is 12.2. The lowest BCUT2D eigenvalue weighted by Crippen LogP contribution is -2.31. The van der Waals surface area contributed by atoms with E-state index in [-0.39, 0.29) is 24.1 Å². The van der Waals surface area contributed by atoms with Crippen LogP contribution in [0.15, 0.2) is 48.5 Å². The van der Waals surface area contributed by atoms with Crippen LogP contribution in [0.25, 0.3) is 0 Å². The molecule has 0 spiro atoms. The lowest BCUT2D eigenvalue weighted by atomic mass is 10.1. The fourth-order valence-corrected chi connectivity index (χ4v) is 2.32. The number of carbonyl (C=O) groups excluding carboxylic acids is 2. The molecule has 0 saturated carbocycles. The third-order valence-electron chi connectivity index (χ3n) is 3.39. The molecular formula is C19H19F3N2O3. The van der Waals surface area contributed by atoms with Crippen molar-refractivity contribution in [2.24, 2.45) is 0 Å². The second-order valence-electron chi connectivity index (χ2n) is 6.09. The van der Waals surface area contributed by atoms with Gasteiger partial charge in [-0.2, -0.15) is 0 Å². The SMILES string of the molecule is CC(C)NC(=O)c1ccccc1NC(=O)Cc1ccc(OC(F)(F)F)cc1. The number of halogens is 3. The van der Waals surface area contributed by atoms with Crippen LogP contribution in [0, 0.1) is 0 Å². The summed E-state index contributed by atoms with van der Waals surface area (Å²) < 4.78 is 40.3. The summed E-state index contributed by atoms with van der Waals surface area (Å²) >= 11 is 0. The number of alkyl halides is 3. The fraction of sp³-hybridized carbons (Fsp3) is 0.263. The quantitative estimate of drug-likeness (QED) is 0.799. The molecule has 2 aromatic rings. The Morgan fingerprint density at radius 1 is 1.04 bits per heavy atom. The molecule has 0 unspecified atom stereocenters. The highest BCUT2D eigenvalue weighted by molar-refractivity contribution is 6.04. The smallest absolute Gasteiger partial charge is 0.406 e. The van der Waals surface area contributed by atoms with Gasteiger partial charge in [-0.1, -0.05) is 24.3 Å². The van der Waals surface area contributed by atoms with E-state index < -0.39 is 12.3 Å². The van der Waals surface area contributed by atoms with Crippen molar-refractivity contribution in [3.63, 3.8) is 0 Å². The number of amides is 2. The number of ether oxygens (including phenoxy) is 1. The van der Waals surface area contributed by atoms with Crippen molar-refractivity contribution in [3.8, 4) is 5.75 Å². The normalized spacial score (nSPS) is 11.2. The van der Waals surface area contributed by atoms with E-state index in [1.165, 1.54) is 12.1 Å². The highest BCUT2D eigenvalue weighted by Crippen LogP contribution is 2.23. The monoisotopic (exact) mass is 380 g/mol. The molecule has 27 heavy (non-hydrogen) atoms. The molecule has 0 saturated heterocycles. The Morgan fingerprint density at radius 2 is 1.67 bits per heavy atom. The van der Waals surface area contributed by atoms with Gasteiger partial charge in [-0.15, -0.1) is 13.2 Å². The van der Waals surface area contributed by atoms with Gasteiger partial charge in [-0.3, -0.25) is 9.59 Å². The standard InChI is InChI=1S/C19H19F3N2O3/c1-12(2)23-18(26)15-5-3-4-6-16(15)24-17(25)11-13-7-9-14(10-8-13)27-19(20,21)22/h3-10,12H,11H2,1-2H3,(H,23,26)(H,24,25). The van der Waals surface area contributed by atoms with Crippen LogP contribution in [0.5, 0.6) is 5.75 Å². The summed E-state index contributed by atoms with van der Waals surface area (Å²) in [6.45, 7) is 3.65. The summed E-state index contributed by atoms with van der Waals surface area (Å²) in [5.74, 6) is -1.07. The Labute approximate surface area is 154 Å². The first-order valence-corrected chi connectivity index (χ1v) is 8.18. The summed E-state index contributed by atoms with van der Waals surface area (Å²) in [5.41, 5.74) is 1.19. The molecule has 5 nitrogen and oxygen atoms in total. The molecule has 8 heteroatoms. The molecule has 0 aliphatic rings. The number of carbonyl (C=O) groups is 2. The number of benzene rings is 2. The Bertz CT molecular complexity index is 803. The van der Waals surface area contributed by atoms with Crippen molar-refractivity contribution in [2.45, 2.75) is 32.7 Å². The molecule has 0 bridgehead atoms. The largest absolute Gasteiger partial charge is 0.573 e. The highest BCUT2D eigenvalue weighted by Gasteiger charge is 2.30. The summed E-state index contributed by atoms with van der Waals surface area (Å²) in [6, 6.07) is 11.5. The molecule has 2 rings (SSSR count). The van der Waals surface area contributed by atoms with Gasteiger partial charge in [0.25, 0.3) is 5.91 Å². The molecule has 2 amide bonds. The summed E-state index contributed by atoms with van der Waals surface area (Å²) in [7, 11) is 0. The zero-order valence-corrected chi connectivity index (χ0v) is 14.8. The lowest BCUT2D eigenvalue weighted by molar-refractivity contribution is -0.274. The van der Waals surface area contributed by atoms with E-state index in [1.54, 1.807) is 24.3 Å². The first-order valence-electron chi connectivity index (χ1n) is 8.18. The van der Waals surface area contributed by atoms with Gasteiger partial charge >= 0.3 is 6.36 Å². The molecule has 144 valence electrons. The molecule has 0 atom stereocenters. The van der Waals surface area contributed by atoms with Crippen LogP contribution in [-0.4, -0.2) is 24.2 Å². The van der Waals surface area contributed by atoms with E-state index >= 15 is 0 Å². The van der Waals surface area contributed by atoms with Gasteiger partial charge in [0.1, 0.15) is 5.75 Å². The Morgan fingerprint density at radius 3 is 2.26 bits per heavy atom. The van der Waals surface area contributed by atoms with E-state index in [2.05, 4.69) is 15.4 Å². The average molecular weight is 380 g/mol. The van der Waals surface area contributed by atoms with Crippen molar-refractivity contribution < 1.29 is 27.5 Å². The van der Waals surface area contributed by atoms with Gasteiger partial charge in [0.05, 0.1) is 17.7 Å². The highest BCUT2D eigenvalue weighted by atomic mass is 19.4. The Hall–Kier alpha value is -3.03. The number of anilines is 1. The third-order valence-corrected chi connectivity index (χ3v) is 3.39. The van der Waals surface area contributed by atoms with Gasteiger partial charge in [0.2, 0.25) is 5.91 Å². The predicted octanol–water partition coefficient (Wildman–Crippen LogP) is 3.90. The van der Waals surface area contributed by atoms with Crippen molar-refractivity contribution >= 4 is 17.5 Å². The van der Waals surface area contributed by atoms with Crippen LogP contribution < -0.4 is 15.4 Å².